The molecule has 2 aromatic rings. The zero-order chi connectivity index (χ0) is 17.1. The molecule has 0 fully saturated rings. The highest BCUT2D eigenvalue weighted by atomic mass is 16.2. The molecular formula is C19H21N3O2. The van der Waals surface area contributed by atoms with Gasteiger partial charge in [0.05, 0.1) is 6.54 Å². The Labute approximate surface area is 141 Å². The molecule has 0 radical (unpaired) electrons. The first-order chi connectivity index (χ1) is 11.6. The number of hydrogen-bond acceptors (Lipinski definition) is 3. The molecule has 2 amide bonds. The molecule has 0 saturated heterocycles. The van der Waals surface area contributed by atoms with Crippen LogP contribution in [0.25, 0.3) is 0 Å². The number of nitrogens with one attached hydrogen (secondary N) is 2. The molecule has 124 valence electrons. The fourth-order valence-electron chi connectivity index (χ4n) is 3.11. The van der Waals surface area contributed by atoms with Crippen molar-refractivity contribution in [1.82, 2.24) is 5.32 Å². The minimum absolute atomic E-state index is 0.0902. The first-order valence-corrected chi connectivity index (χ1v) is 8.05. The van der Waals surface area contributed by atoms with Crippen molar-refractivity contribution in [3.8, 4) is 0 Å². The van der Waals surface area contributed by atoms with Crippen LogP contribution in [0.15, 0.2) is 48.5 Å². The second-order valence-corrected chi connectivity index (χ2v) is 6.02. The van der Waals surface area contributed by atoms with Crippen molar-refractivity contribution in [3.05, 3.63) is 59.7 Å². The van der Waals surface area contributed by atoms with E-state index >= 15 is 0 Å². The number of anilines is 2. The highest BCUT2D eigenvalue weighted by Crippen LogP contribution is 2.31. The van der Waals surface area contributed by atoms with Crippen molar-refractivity contribution in [3.63, 3.8) is 0 Å². The van der Waals surface area contributed by atoms with E-state index in [-0.39, 0.29) is 11.8 Å². The van der Waals surface area contributed by atoms with Gasteiger partial charge in [-0.25, -0.2) is 0 Å². The Morgan fingerprint density at radius 2 is 1.96 bits per heavy atom. The van der Waals surface area contributed by atoms with Crippen molar-refractivity contribution < 1.29 is 9.59 Å². The normalized spacial score (nSPS) is 15.8. The third-order valence-electron chi connectivity index (χ3n) is 4.30. The molecule has 5 nitrogen and oxygen atoms in total. The van der Waals surface area contributed by atoms with Gasteiger partial charge in [-0.05, 0) is 43.2 Å². The molecule has 24 heavy (non-hydrogen) atoms. The van der Waals surface area contributed by atoms with E-state index in [2.05, 4.69) is 34.6 Å². The Balaban J connectivity index is 1.69. The van der Waals surface area contributed by atoms with E-state index in [1.807, 2.05) is 12.1 Å². The van der Waals surface area contributed by atoms with Gasteiger partial charge in [0.25, 0.3) is 5.91 Å². The minimum atomic E-state index is -0.173. The van der Waals surface area contributed by atoms with E-state index in [1.54, 1.807) is 31.3 Å². The smallest absolute Gasteiger partial charge is 0.251 e. The molecule has 0 bridgehead atoms. The molecule has 1 atom stereocenters. The Morgan fingerprint density at radius 3 is 2.75 bits per heavy atom. The van der Waals surface area contributed by atoms with Crippen LogP contribution in [0.5, 0.6) is 0 Å². The molecule has 0 aromatic heterocycles. The molecule has 1 aliphatic rings. The summed E-state index contributed by atoms with van der Waals surface area (Å²) in [6.07, 6.45) is 0.954. The zero-order valence-electron chi connectivity index (χ0n) is 13.9. The summed E-state index contributed by atoms with van der Waals surface area (Å²) >= 11 is 0. The van der Waals surface area contributed by atoms with Crippen LogP contribution in [0.3, 0.4) is 0 Å². The van der Waals surface area contributed by atoms with Gasteiger partial charge in [0.2, 0.25) is 5.91 Å². The number of rotatable bonds is 4. The second-order valence-electron chi connectivity index (χ2n) is 6.02. The maximum Gasteiger partial charge on any atom is 0.251 e. The van der Waals surface area contributed by atoms with Crippen LogP contribution in [0.4, 0.5) is 11.4 Å². The lowest BCUT2D eigenvalue weighted by Gasteiger charge is -2.24. The van der Waals surface area contributed by atoms with Gasteiger partial charge in [0, 0.05) is 30.0 Å². The molecule has 1 heterocycles. The summed E-state index contributed by atoms with van der Waals surface area (Å²) in [5.74, 6) is -0.263. The predicted molar refractivity (Wildman–Crippen MR) is 95.4 cm³/mol. The van der Waals surface area contributed by atoms with Gasteiger partial charge >= 0.3 is 0 Å². The summed E-state index contributed by atoms with van der Waals surface area (Å²) in [4.78, 5) is 26.2. The molecule has 2 aromatic carbocycles. The van der Waals surface area contributed by atoms with Crippen LogP contribution in [0, 0.1) is 0 Å². The molecule has 2 N–H and O–H groups in total. The first-order valence-electron chi connectivity index (χ1n) is 8.05. The average molecular weight is 323 g/mol. The van der Waals surface area contributed by atoms with E-state index < -0.39 is 0 Å². The Hall–Kier alpha value is -2.82. The number of carbonyl (C=O) groups is 2. The maximum absolute atomic E-state index is 12.4. The molecule has 0 aliphatic carbocycles. The zero-order valence-corrected chi connectivity index (χ0v) is 13.9. The van der Waals surface area contributed by atoms with Crippen LogP contribution in [-0.4, -0.2) is 31.4 Å². The highest BCUT2D eigenvalue weighted by Gasteiger charge is 2.26. The summed E-state index contributed by atoms with van der Waals surface area (Å²) < 4.78 is 0. The van der Waals surface area contributed by atoms with Crippen molar-refractivity contribution >= 4 is 23.2 Å². The SMILES string of the molecule is CNC(=O)c1cccc(NC(=O)CN2c3ccccc3CC2C)c1. The number of para-hydroxylation sites is 1. The molecular weight excluding hydrogens is 302 g/mol. The largest absolute Gasteiger partial charge is 0.359 e. The average Bonchev–Trinajstić information content (AvgIpc) is 2.90. The van der Waals surface area contributed by atoms with Gasteiger partial charge in [-0.3, -0.25) is 9.59 Å². The molecule has 0 saturated carbocycles. The number of nitrogens with zero attached hydrogens (tertiary/aromatic N) is 1. The van der Waals surface area contributed by atoms with Crippen LogP contribution < -0.4 is 15.5 Å². The number of fused-ring (bicyclic) bond motifs is 1. The van der Waals surface area contributed by atoms with Crippen LogP contribution in [0.1, 0.15) is 22.8 Å². The van der Waals surface area contributed by atoms with E-state index in [0.29, 0.717) is 23.8 Å². The maximum atomic E-state index is 12.4. The van der Waals surface area contributed by atoms with Crippen molar-refractivity contribution in [1.29, 1.82) is 0 Å². The topological polar surface area (TPSA) is 61.4 Å². The fourth-order valence-corrected chi connectivity index (χ4v) is 3.11. The molecule has 1 aliphatic heterocycles. The van der Waals surface area contributed by atoms with Crippen molar-refractivity contribution in [2.24, 2.45) is 0 Å². The fraction of sp³-hybridized carbons (Fsp3) is 0.263. The summed E-state index contributed by atoms with van der Waals surface area (Å²) in [7, 11) is 1.58. The van der Waals surface area contributed by atoms with E-state index in [0.717, 1.165) is 12.1 Å². The minimum Gasteiger partial charge on any atom is -0.359 e. The van der Waals surface area contributed by atoms with Crippen molar-refractivity contribution in [2.75, 3.05) is 23.8 Å². The van der Waals surface area contributed by atoms with Gasteiger partial charge in [-0.15, -0.1) is 0 Å². The number of benzene rings is 2. The second kappa shape index (κ2) is 6.74. The van der Waals surface area contributed by atoms with Crippen LogP contribution >= 0.6 is 0 Å². The van der Waals surface area contributed by atoms with E-state index in [1.165, 1.54) is 5.56 Å². The van der Waals surface area contributed by atoms with Crippen LogP contribution in [-0.2, 0) is 11.2 Å². The van der Waals surface area contributed by atoms with Gasteiger partial charge in [0.1, 0.15) is 0 Å². The number of amides is 2. The van der Waals surface area contributed by atoms with Gasteiger partial charge in [-0.2, -0.15) is 0 Å². The quantitative estimate of drug-likeness (QED) is 0.908. The number of hydrogen-bond donors (Lipinski definition) is 2. The standard InChI is InChI=1S/C19H21N3O2/c1-13-10-14-6-3-4-9-17(14)22(13)12-18(23)21-16-8-5-7-15(11-16)19(24)20-2/h3-9,11,13H,10,12H2,1-2H3,(H,20,24)(H,21,23). The van der Waals surface area contributed by atoms with E-state index in [4.69, 9.17) is 0 Å². The predicted octanol–water partition coefficient (Wildman–Crippen LogP) is 2.44. The van der Waals surface area contributed by atoms with Gasteiger partial charge < -0.3 is 15.5 Å². The molecule has 1 unspecified atom stereocenters. The Morgan fingerprint density at radius 1 is 1.17 bits per heavy atom. The Bertz CT molecular complexity index is 773. The lowest BCUT2D eigenvalue weighted by Crippen LogP contribution is -2.37. The summed E-state index contributed by atoms with van der Waals surface area (Å²) in [5, 5.41) is 5.46. The van der Waals surface area contributed by atoms with E-state index in [9.17, 15) is 9.59 Å². The van der Waals surface area contributed by atoms with Crippen molar-refractivity contribution in [2.45, 2.75) is 19.4 Å². The summed E-state index contributed by atoms with van der Waals surface area (Å²) in [6.45, 7) is 2.42. The lowest BCUT2D eigenvalue weighted by atomic mass is 10.1. The summed E-state index contributed by atoms with van der Waals surface area (Å²) in [6, 6.07) is 15.4. The molecule has 3 rings (SSSR count). The number of carbonyl (C=O) groups excluding carboxylic acids is 2. The third kappa shape index (κ3) is 3.25. The molecule has 0 spiro atoms. The third-order valence-corrected chi connectivity index (χ3v) is 4.30. The van der Waals surface area contributed by atoms with Gasteiger partial charge in [0.15, 0.2) is 0 Å². The molecule has 5 heteroatoms. The Kier molecular flexibility index (Phi) is 4.51. The monoisotopic (exact) mass is 323 g/mol. The summed E-state index contributed by atoms with van der Waals surface area (Å²) in [5.41, 5.74) is 3.55. The lowest BCUT2D eigenvalue weighted by molar-refractivity contribution is -0.115. The van der Waals surface area contributed by atoms with Crippen LogP contribution in [0.2, 0.25) is 0 Å². The highest BCUT2D eigenvalue weighted by molar-refractivity contribution is 5.98. The first kappa shape index (κ1) is 16.1. The van der Waals surface area contributed by atoms with Gasteiger partial charge in [-0.1, -0.05) is 24.3 Å².